The second-order valence-corrected chi connectivity index (χ2v) is 8.15. The predicted molar refractivity (Wildman–Crippen MR) is 105 cm³/mol. The van der Waals surface area contributed by atoms with Gasteiger partial charge in [0.2, 0.25) is 12.3 Å². The second-order valence-electron chi connectivity index (χ2n) is 6.17. The van der Waals surface area contributed by atoms with Gasteiger partial charge in [0.15, 0.2) is 9.84 Å². The highest BCUT2D eigenvalue weighted by atomic mass is 32.2. The molecule has 0 heterocycles. The number of carbonyl (C=O) groups is 2. The minimum absolute atomic E-state index is 0.0174. The molecule has 28 heavy (non-hydrogen) atoms. The van der Waals surface area contributed by atoms with Gasteiger partial charge in [0, 0.05) is 12.8 Å². The Morgan fingerprint density at radius 3 is 2.43 bits per heavy atom. The van der Waals surface area contributed by atoms with Crippen LogP contribution in [0.3, 0.4) is 0 Å². The summed E-state index contributed by atoms with van der Waals surface area (Å²) in [4.78, 5) is 23.1. The number of nitrogens with one attached hydrogen (secondary N) is 3. The summed E-state index contributed by atoms with van der Waals surface area (Å²) in [5.74, 6) is -0.841. The number of carbonyl (C=O) groups excluding carboxylic acids is 2. The summed E-state index contributed by atoms with van der Waals surface area (Å²) in [6, 6.07) is 9.52. The van der Waals surface area contributed by atoms with E-state index in [-0.39, 0.29) is 28.6 Å². The Hall–Kier alpha value is -2.94. The third kappa shape index (κ3) is 5.53. The molecular weight excluding hydrogens is 385 g/mol. The van der Waals surface area contributed by atoms with Gasteiger partial charge >= 0.3 is 0 Å². The lowest BCUT2D eigenvalue weighted by Gasteiger charge is -2.19. The molecular formula is C19H22FN3O4S. The molecule has 0 aliphatic heterocycles. The zero-order valence-corrected chi connectivity index (χ0v) is 16.3. The van der Waals surface area contributed by atoms with Crippen LogP contribution in [0.15, 0.2) is 47.4 Å². The van der Waals surface area contributed by atoms with Gasteiger partial charge in [-0.05, 0) is 36.2 Å². The predicted octanol–water partition coefficient (Wildman–Crippen LogP) is 2.30. The van der Waals surface area contributed by atoms with E-state index in [2.05, 4.69) is 16.0 Å². The molecule has 9 heteroatoms. The minimum Gasteiger partial charge on any atom is -0.378 e. The zero-order valence-electron chi connectivity index (χ0n) is 15.5. The monoisotopic (exact) mass is 407 g/mol. The van der Waals surface area contributed by atoms with Crippen molar-refractivity contribution >= 4 is 33.5 Å². The van der Waals surface area contributed by atoms with Crippen molar-refractivity contribution < 1.29 is 22.4 Å². The van der Waals surface area contributed by atoms with Crippen molar-refractivity contribution in [1.29, 1.82) is 0 Å². The van der Waals surface area contributed by atoms with Gasteiger partial charge in [-0.3, -0.25) is 9.59 Å². The van der Waals surface area contributed by atoms with Gasteiger partial charge in [0.25, 0.3) is 0 Å². The fraction of sp³-hybridized carbons (Fsp3) is 0.263. The smallest absolute Gasteiger partial charge is 0.246 e. The molecule has 2 aromatic carbocycles. The largest absolute Gasteiger partial charge is 0.378 e. The number of halogens is 1. The fourth-order valence-corrected chi connectivity index (χ4v) is 3.48. The third-order valence-corrected chi connectivity index (χ3v) is 5.20. The van der Waals surface area contributed by atoms with E-state index in [9.17, 15) is 22.4 Å². The van der Waals surface area contributed by atoms with Crippen LogP contribution in [0.4, 0.5) is 15.8 Å². The maximum atomic E-state index is 13.1. The van der Waals surface area contributed by atoms with Gasteiger partial charge in [0.1, 0.15) is 11.9 Å². The summed E-state index contributed by atoms with van der Waals surface area (Å²) in [5, 5.41) is 8.08. The first-order chi connectivity index (χ1) is 13.3. The van der Waals surface area contributed by atoms with Crippen molar-refractivity contribution in [2.24, 2.45) is 0 Å². The summed E-state index contributed by atoms with van der Waals surface area (Å²) in [6.07, 6.45) is 1.88. The molecule has 2 rings (SSSR count). The molecule has 0 saturated carbocycles. The quantitative estimate of drug-likeness (QED) is 0.554. The van der Waals surface area contributed by atoms with Gasteiger partial charge < -0.3 is 16.0 Å². The average molecular weight is 407 g/mol. The van der Waals surface area contributed by atoms with Crippen molar-refractivity contribution in [2.45, 2.75) is 30.8 Å². The topological polar surface area (TPSA) is 104 Å². The van der Waals surface area contributed by atoms with E-state index in [1.165, 1.54) is 24.3 Å². The van der Waals surface area contributed by atoms with Crippen LogP contribution in [0.25, 0.3) is 0 Å². The lowest BCUT2D eigenvalue weighted by molar-refractivity contribution is -0.121. The number of hydrogen-bond acceptors (Lipinski definition) is 5. The van der Waals surface area contributed by atoms with Gasteiger partial charge in [-0.1, -0.05) is 25.1 Å². The summed E-state index contributed by atoms with van der Waals surface area (Å²) < 4.78 is 37.4. The fourth-order valence-electron chi connectivity index (χ4n) is 2.60. The van der Waals surface area contributed by atoms with Gasteiger partial charge in [-0.25, -0.2) is 12.8 Å². The molecule has 1 atom stereocenters. The van der Waals surface area contributed by atoms with Crippen LogP contribution >= 0.6 is 0 Å². The Labute approximate surface area is 163 Å². The van der Waals surface area contributed by atoms with Crippen LogP contribution in [0.2, 0.25) is 0 Å². The first-order valence-corrected chi connectivity index (χ1v) is 10.5. The Morgan fingerprint density at radius 1 is 1.18 bits per heavy atom. The molecule has 150 valence electrons. The number of sulfone groups is 1. The Kier molecular flexibility index (Phi) is 7.11. The third-order valence-electron chi connectivity index (χ3n) is 4.06. The molecule has 0 saturated heterocycles. The van der Waals surface area contributed by atoms with Crippen LogP contribution in [0.1, 0.15) is 18.9 Å². The van der Waals surface area contributed by atoms with Crippen molar-refractivity contribution in [3.8, 4) is 0 Å². The molecule has 0 radical (unpaired) electrons. The summed E-state index contributed by atoms with van der Waals surface area (Å²) in [7, 11) is -3.58. The molecule has 2 amide bonds. The number of hydrogen-bond donors (Lipinski definition) is 3. The van der Waals surface area contributed by atoms with Gasteiger partial charge in [0.05, 0.1) is 16.3 Å². The van der Waals surface area contributed by atoms with Crippen LogP contribution < -0.4 is 16.0 Å². The highest BCUT2D eigenvalue weighted by Gasteiger charge is 2.21. The molecule has 0 bridgehead atoms. The lowest BCUT2D eigenvalue weighted by atomic mass is 10.2. The van der Waals surface area contributed by atoms with E-state index in [1.807, 2.05) is 0 Å². The molecule has 0 aromatic heterocycles. The highest BCUT2D eigenvalue weighted by molar-refractivity contribution is 7.90. The van der Waals surface area contributed by atoms with Crippen LogP contribution in [0.5, 0.6) is 0 Å². The second kappa shape index (κ2) is 9.32. The standard InChI is InChI=1S/C19H22FN3O4S/c1-3-15(22-12-24)19(25)23-16-5-4-6-17(28(2,26)27)18(16)21-11-13-7-9-14(20)10-8-13/h4-10,12,15,21H,3,11H2,1-2H3,(H,22,24)(H,23,25). The molecule has 0 aliphatic carbocycles. The van der Waals surface area contributed by atoms with Crippen molar-refractivity contribution in [3.63, 3.8) is 0 Å². The molecule has 2 aromatic rings. The van der Waals surface area contributed by atoms with E-state index in [4.69, 9.17) is 0 Å². The Morgan fingerprint density at radius 2 is 1.86 bits per heavy atom. The zero-order chi connectivity index (χ0) is 20.7. The molecule has 1 unspecified atom stereocenters. The maximum Gasteiger partial charge on any atom is 0.246 e. The Bertz CT molecular complexity index is 946. The van der Waals surface area contributed by atoms with Crippen LogP contribution in [0, 0.1) is 5.82 Å². The van der Waals surface area contributed by atoms with Crippen LogP contribution in [-0.2, 0) is 26.0 Å². The summed E-state index contributed by atoms with van der Waals surface area (Å²) in [6.45, 7) is 1.96. The first kappa shape index (κ1) is 21.4. The number of amides is 2. The number of para-hydroxylation sites is 1. The van der Waals surface area contributed by atoms with Gasteiger partial charge in [-0.2, -0.15) is 0 Å². The minimum atomic E-state index is -3.58. The van der Waals surface area contributed by atoms with Crippen LogP contribution in [-0.4, -0.2) is 33.0 Å². The van der Waals surface area contributed by atoms with Crippen molar-refractivity contribution in [3.05, 3.63) is 53.8 Å². The maximum absolute atomic E-state index is 13.1. The van der Waals surface area contributed by atoms with E-state index >= 15 is 0 Å². The van der Waals surface area contributed by atoms with E-state index in [0.717, 1.165) is 11.8 Å². The molecule has 7 nitrogen and oxygen atoms in total. The number of rotatable bonds is 9. The summed E-state index contributed by atoms with van der Waals surface area (Å²) in [5.41, 5.74) is 1.22. The van der Waals surface area contributed by atoms with Crippen molar-refractivity contribution in [2.75, 3.05) is 16.9 Å². The van der Waals surface area contributed by atoms with E-state index < -0.39 is 21.8 Å². The van der Waals surface area contributed by atoms with Gasteiger partial charge in [-0.15, -0.1) is 0 Å². The molecule has 3 N–H and O–H groups in total. The molecule has 0 aliphatic rings. The average Bonchev–Trinajstić information content (AvgIpc) is 2.65. The Balaban J connectivity index is 2.35. The number of anilines is 2. The first-order valence-electron chi connectivity index (χ1n) is 8.58. The van der Waals surface area contributed by atoms with Crippen molar-refractivity contribution in [1.82, 2.24) is 5.32 Å². The van der Waals surface area contributed by atoms with E-state index in [0.29, 0.717) is 12.8 Å². The SMILES string of the molecule is CCC(NC=O)C(=O)Nc1cccc(S(C)(=O)=O)c1NCc1ccc(F)cc1. The highest BCUT2D eigenvalue weighted by Crippen LogP contribution is 2.30. The molecule has 0 fully saturated rings. The van der Waals surface area contributed by atoms with E-state index in [1.54, 1.807) is 25.1 Å². The lowest BCUT2D eigenvalue weighted by Crippen LogP contribution is -2.39. The normalized spacial score (nSPS) is 12.1. The summed E-state index contributed by atoms with van der Waals surface area (Å²) >= 11 is 0. The number of benzene rings is 2. The molecule has 0 spiro atoms.